The summed E-state index contributed by atoms with van der Waals surface area (Å²) in [6, 6.07) is 46.2. The van der Waals surface area contributed by atoms with E-state index in [2.05, 4.69) is 119 Å². The van der Waals surface area contributed by atoms with Crippen molar-refractivity contribution in [2.75, 3.05) is 4.90 Å². The number of hydrogen-bond donors (Lipinski definition) is 8. The molecule has 0 amide bonds. The van der Waals surface area contributed by atoms with Gasteiger partial charge in [-0.2, -0.15) is 0 Å². The topological polar surface area (TPSA) is 170 Å². The van der Waals surface area contributed by atoms with Gasteiger partial charge in [0.05, 0.1) is 16.4 Å². The first-order chi connectivity index (χ1) is 35.1. The summed E-state index contributed by atoms with van der Waals surface area (Å²) < 4.78 is 2.29. The molecule has 1 heterocycles. The van der Waals surface area contributed by atoms with Crippen LogP contribution in [-0.2, 0) is 5.41 Å². The van der Waals surface area contributed by atoms with Crippen LogP contribution in [0.3, 0.4) is 0 Å². The van der Waals surface area contributed by atoms with E-state index in [1.54, 1.807) is 30.3 Å². The number of phenols is 8. The highest BCUT2D eigenvalue weighted by atomic mass is 16.4. The Morgan fingerprint density at radius 2 is 1.08 bits per heavy atom. The monoisotopic (exact) mass is 946 g/mol. The summed E-state index contributed by atoms with van der Waals surface area (Å²) in [5, 5.41) is 93.0. The van der Waals surface area contributed by atoms with Crippen LogP contribution in [-0.4, -0.2) is 45.4 Å². The normalized spacial score (nSPS) is 14.2. The van der Waals surface area contributed by atoms with Crippen molar-refractivity contribution in [1.82, 2.24) is 4.57 Å². The van der Waals surface area contributed by atoms with E-state index in [1.807, 2.05) is 48.5 Å². The minimum Gasteiger partial charge on any atom is -0.504 e. The maximum Gasteiger partial charge on any atom is 0.204 e. The van der Waals surface area contributed by atoms with Gasteiger partial charge in [0.2, 0.25) is 23.0 Å². The fraction of sp³-hybridized carbons (Fsp3) is 0.0645. The SMILES string of the molecule is C=C/C=C(\C=C/CC1=CCCC=C1)N(c1ccc(-c2cccc3c2-c2ccccc2C32c3c(O)c(O)c(O)c(O)c3-c3c(O)c(O)c(O)c(O)c32)cc1)c1ccc(-n2c3ccccc3c3ccccc32)cc1. The van der Waals surface area contributed by atoms with E-state index in [1.165, 1.54) is 16.3 Å². The van der Waals surface area contributed by atoms with E-state index < -0.39 is 51.4 Å². The Hall–Kier alpha value is -9.54. The van der Waals surface area contributed by atoms with Crippen LogP contribution >= 0.6 is 0 Å². The maximum absolute atomic E-state index is 11.9. The molecule has 0 saturated heterocycles. The zero-order valence-corrected chi connectivity index (χ0v) is 38.6. The van der Waals surface area contributed by atoms with Gasteiger partial charge >= 0.3 is 0 Å². The molecule has 8 aromatic carbocycles. The van der Waals surface area contributed by atoms with Gasteiger partial charge in [-0.1, -0.05) is 128 Å². The molecule has 10 heteroatoms. The lowest BCUT2D eigenvalue weighted by Gasteiger charge is -2.31. The molecular formula is C62H46N2O8. The minimum atomic E-state index is -1.81. The molecule has 1 spiro atoms. The van der Waals surface area contributed by atoms with Gasteiger partial charge < -0.3 is 50.3 Å². The van der Waals surface area contributed by atoms with Crippen molar-refractivity contribution in [3.8, 4) is 85.1 Å². The van der Waals surface area contributed by atoms with Crippen molar-refractivity contribution in [2.24, 2.45) is 0 Å². The third-order valence-corrected chi connectivity index (χ3v) is 14.5. The number of aromatic hydroxyl groups is 8. The molecule has 0 aliphatic heterocycles. The maximum atomic E-state index is 11.9. The van der Waals surface area contributed by atoms with Crippen molar-refractivity contribution < 1.29 is 40.9 Å². The fourth-order valence-corrected chi connectivity index (χ4v) is 11.5. The molecule has 0 radical (unpaired) electrons. The van der Waals surface area contributed by atoms with Gasteiger partial charge in [-0.05, 0) is 119 Å². The van der Waals surface area contributed by atoms with E-state index in [-0.39, 0.29) is 22.3 Å². The van der Waals surface area contributed by atoms with E-state index in [0.717, 1.165) is 64.2 Å². The van der Waals surface area contributed by atoms with E-state index >= 15 is 0 Å². The average Bonchev–Trinajstić information content (AvgIpc) is 4.04. The molecule has 72 heavy (non-hydrogen) atoms. The van der Waals surface area contributed by atoms with Crippen molar-refractivity contribution >= 4 is 33.2 Å². The molecule has 0 fully saturated rings. The lowest BCUT2D eigenvalue weighted by Crippen LogP contribution is -2.26. The summed E-state index contributed by atoms with van der Waals surface area (Å²) in [6.45, 7) is 4.10. The number of phenolic OH excluding ortho intramolecular Hbond substituents is 8. The summed E-state index contributed by atoms with van der Waals surface area (Å²) in [5.74, 6) is -7.70. The fourth-order valence-electron chi connectivity index (χ4n) is 11.5. The number of rotatable bonds is 9. The quantitative estimate of drug-likeness (QED) is 0.0399. The van der Waals surface area contributed by atoms with Crippen molar-refractivity contribution in [2.45, 2.75) is 24.7 Å². The van der Waals surface area contributed by atoms with Gasteiger partial charge in [-0.25, -0.2) is 0 Å². The van der Waals surface area contributed by atoms with Crippen LogP contribution in [0, 0.1) is 0 Å². The Bertz CT molecular complexity index is 3770. The number of benzene rings is 8. The number of hydrogen-bond acceptors (Lipinski definition) is 9. The molecule has 9 aromatic rings. The van der Waals surface area contributed by atoms with Crippen LogP contribution in [0.5, 0.6) is 46.0 Å². The predicted molar refractivity (Wildman–Crippen MR) is 283 cm³/mol. The van der Waals surface area contributed by atoms with Crippen LogP contribution < -0.4 is 4.90 Å². The highest BCUT2D eigenvalue weighted by molar-refractivity contribution is 6.09. The van der Waals surface area contributed by atoms with Crippen LogP contribution in [0.1, 0.15) is 41.5 Å². The summed E-state index contributed by atoms with van der Waals surface area (Å²) in [6.07, 6.45) is 17.5. The summed E-state index contributed by atoms with van der Waals surface area (Å²) in [7, 11) is 0. The third kappa shape index (κ3) is 6.15. The second kappa shape index (κ2) is 16.6. The zero-order valence-electron chi connectivity index (χ0n) is 38.6. The molecule has 3 aliphatic rings. The van der Waals surface area contributed by atoms with E-state index in [9.17, 15) is 40.9 Å². The van der Waals surface area contributed by atoms with E-state index in [0.29, 0.717) is 22.3 Å². The molecule has 12 rings (SSSR count). The Kier molecular flexibility index (Phi) is 10.1. The van der Waals surface area contributed by atoms with Crippen LogP contribution in [0.25, 0.3) is 60.9 Å². The first-order valence-electron chi connectivity index (χ1n) is 23.6. The molecule has 0 saturated carbocycles. The second-order valence-electron chi connectivity index (χ2n) is 18.3. The third-order valence-electron chi connectivity index (χ3n) is 14.5. The number of para-hydroxylation sites is 2. The minimum absolute atomic E-state index is 0.176. The van der Waals surface area contributed by atoms with Crippen LogP contribution in [0.2, 0.25) is 0 Å². The lowest BCUT2D eigenvalue weighted by atomic mass is 9.69. The molecule has 10 nitrogen and oxygen atoms in total. The molecule has 0 atom stereocenters. The van der Waals surface area contributed by atoms with Gasteiger partial charge in [0, 0.05) is 55.8 Å². The Labute approximate surface area is 413 Å². The summed E-state index contributed by atoms with van der Waals surface area (Å²) >= 11 is 0. The first kappa shape index (κ1) is 43.7. The highest BCUT2D eigenvalue weighted by Gasteiger charge is 2.59. The first-order valence-corrected chi connectivity index (χ1v) is 23.6. The van der Waals surface area contributed by atoms with Crippen molar-refractivity contribution in [3.05, 3.63) is 222 Å². The second-order valence-corrected chi connectivity index (χ2v) is 18.3. The predicted octanol–water partition coefficient (Wildman–Crippen LogP) is 13.9. The van der Waals surface area contributed by atoms with E-state index in [4.69, 9.17) is 0 Å². The number of fused-ring (bicyclic) bond motifs is 13. The molecule has 8 N–H and O–H groups in total. The smallest absolute Gasteiger partial charge is 0.204 e. The van der Waals surface area contributed by atoms with Gasteiger partial charge in [0.25, 0.3) is 0 Å². The summed E-state index contributed by atoms with van der Waals surface area (Å²) in [4.78, 5) is 2.18. The number of allylic oxidation sites excluding steroid dienone is 8. The van der Waals surface area contributed by atoms with Crippen LogP contribution in [0.4, 0.5) is 11.4 Å². The van der Waals surface area contributed by atoms with Crippen molar-refractivity contribution in [1.29, 1.82) is 0 Å². The highest BCUT2D eigenvalue weighted by Crippen LogP contribution is 2.74. The molecule has 0 unspecified atom stereocenters. The average molecular weight is 947 g/mol. The van der Waals surface area contributed by atoms with Gasteiger partial charge in [0.15, 0.2) is 23.0 Å². The Balaban J connectivity index is 1.02. The zero-order chi connectivity index (χ0) is 49.6. The van der Waals surface area contributed by atoms with Gasteiger partial charge in [-0.15, -0.1) is 0 Å². The lowest BCUT2D eigenvalue weighted by molar-refractivity contribution is 0.342. The standard InChI is InChI=1S/C62H46N2O8/c1-2-14-37(18-12-17-35-15-4-3-5-16-35)63(39-31-33-40(34-32-39)64-47-25-10-7-19-42(47)43-20-8-11-26-48(43)64)38-29-27-36(28-30-38)41-22-13-24-46-49(41)44-21-6-9-23-45(44)62(46)52-50(54(65)58(69)60(71)56(52)67)51-53(62)57(68)61(72)59(70)55(51)66/h2,4,6-16,18-34,65-72H,1,3,5,17H2/b18-12-,37-14+. The van der Waals surface area contributed by atoms with Gasteiger partial charge in [-0.3, -0.25) is 0 Å². The largest absolute Gasteiger partial charge is 0.504 e. The molecule has 352 valence electrons. The Morgan fingerprint density at radius 3 is 1.68 bits per heavy atom. The molecular weight excluding hydrogens is 901 g/mol. The Morgan fingerprint density at radius 1 is 0.542 bits per heavy atom. The van der Waals surface area contributed by atoms with Crippen molar-refractivity contribution in [3.63, 3.8) is 0 Å². The van der Waals surface area contributed by atoms with Crippen LogP contribution in [0.15, 0.2) is 200 Å². The number of aromatic nitrogens is 1. The van der Waals surface area contributed by atoms with Gasteiger partial charge in [0.1, 0.15) is 0 Å². The molecule has 3 aliphatic carbocycles. The molecule has 0 bridgehead atoms. The molecule has 1 aromatic heterocycles. The number of nitrogens with zero attached hydrogens (tertiary/aromatic N) is 2. The summed E-state index contributed by atoms with van der Waals surface area (Å²) in [5.41, 5.74) is 8.07. The number of anilines is 2.